The van der Waals surface area contributed by atoms with E-state index in [2.05, 4.69) is 31.9 Å². The molecular formula is C10H10Br2O. The van der Waals surface area contributed by atoms with Crippen LogP contribution in [0.2, 0.25) is 0 Å². The molecule has 0 heterocycles. The molecule has 0 atom stereocenters. The minimum Gasteiger partial charge on any atom is -0.298 e. The molecule has 1 aromatic rings. The van der Waals surface area contributed by atoms with Crippen LogP contribution < -0.4 is 0 Å². The van der Waals surface area contributed by atoms with Crippen molar-refractivity contribution < 1.29 is 4.79 Å². The van der Waals surface area contributed by atoms with Gasteiger partial charge in [-0.3, -0.25) is 4.79 Å². The molecule has 0 aliphatic carbocycles. The normalized spacial score (nSPS) is 10.1. The number of benzene rings is 1. The lowest BCUT2D eigenvalue weighted by Crippen LogP contribution is -2.04. The van der Waals surface area contributed by atoms with Gasteiger partial charge in [0.05, 0.1) is 5.33 Å². The van der Waals surface area contributed by atoms with Crippen LogP contribution in [-0.4, -0.2) is 11.1 Å². The van der Waals surface area contributed by atoms with E-state index in [9.17, 15) is 4.79 Å². The zero-order valence-electron chi connectivity index (χ0n) is 7.31. The molecule has 0 spiro atoms. The molecule has 0 bridgehead atoms. The molecular weight excluding hydrogens is 296 g/mol. The Morgan fingerprint density at radius 1 is 1.46 bits per heavy atom. The number of ketones is 1. The summed E-state index contributed by atoms with van der Waals surface area (Å²) in [7, 11) is 0. The first-order valence-electron chi connectivity index (χ1n) is 3.96. The molecule has 1 aromatic carbocycles. The van der Waals surface area contributed by atoms with Gasteiger partial charge in [-0.05, 0) is 30.2 Å². The number of carbonyl (C=O) groups excluding carboxylic acids is 1. The standard InChI is InChI=1S/C10H10Br2O/c1-7-2-3-9(12)4-8(7)5-10(13)6-11/h2-4H,5-6H2,1H3. The molecule has 13 heavy (non-hydrogen) atoms. The van der Waals surface area contributed by atoms with Crippen LogP contribution in [0.1, 0.15) is 11.1 Å². The van der Waals surface area contributed by atoms with Crippen molar-refractivity contribution in [3.8, 4) is 0 Å². The third kappa shape index (κ3) is 3.24. The largest absolute Gasteiger partial charge is 0.298 e. The minimum absolute atomic E-state index is 0.209. The summed E-state index contributed by atoms with van der Waals surface area (Å²) in [6.07, 6.45) is 0.510. The predicted octanol–water partition coefficient (Wildman–Crippen LogP) is 3.26. The number of alkyl halides is 1. The van der Waals surface area contributed by atoms with Gasteiger partial charge < -0.3 is 0 Å². The maximum Gasteiger partial charge on any atom is 0.147 e. The topological polar surface area (TPSA) is 17.1 Å². The summed E-state index contributed by atoms with van der Waals surface area (Å²) >= 11 is 6.54. The number of carbonyl (C=O) groups is 1. The summed E-state index contributed by atoms with van der Waals surface area (Å²) < 4.78 is 1.02. The summed E-state index contributed by atoms with van der Waals surface area (Å²) in [5.74, 6) is 0.209. The quantitative estimate of drug-likeness (QED) is 0.783. The van der Waals surface area contributed by atoms with Gasteiger partial charge in [0.1, 0.15) is 5.78 Å². The number of rotatable bonds is 3. The highest BCUT2D eigenvalue weighted by Gasteiger charge is 2.04. The van der Waals surface area contributed by atoms with Crippen LogP contribution in [0.4, 0.5) is 0 Å². The van der Waals surface area contributed by atoms with E-state index in [1.807, 2.05) is 25.1 Å². The molecule has 0 radical (unpaired) electrons. The third-order valence-corrected chi connectivity index (χ3v) is 2.97. The Hall–Kier alpha value is -0.150. The summed E-state index contributed by atoms with van der Waals surface area (Å²) in [6.45, 7) is 2.02. The third-order valence-electron chi connectivity index (χ3n) is 1.85. The van der Waals surface area contributed by atoms with Crippen molar-refractivity contribution in [3.63, 3.8) is 0 Å². The zero-order chi connectivity index (χ0) is 9.84. The maximum atomic E-state index is 11.2. The fourth-order valence-electron chi connectivity index (χ4n) is 1.09. The van der Waals surface area contributed by atoms with Crippen LogP contribution in [0.5, 0.6) is 0 Å². The van der Waals surface area contributed by atoms with Crippen molar-refractivity contribution in [2.75, 3.05) is 5.33 Å². The second-order valence-corrected chi connectivity index (χ2v) is 4.40. The van der Waals surface area contributed by atoms with Crippen molar-refractivity contribution >= 4 is 37.6 Å². The highest BCUT2D eigenvalue weighted by atomic mass is 79.9. The second-order valence-electron chi connectivity index (χ2n) is 2.92. The summed E-state index contributed by atoms with van der Waals surface area (Å²) in [5.41, 5.74) is 2.26. The number of aryl methyl sites for hydroxylation is 1. The first-order chi connectivity index (χ1) is 6.13. The average Bonchev–Trinajstić information content (AvgIpc) is 2.11. The number of hydrogen-bond donors (Lipinski definition) is 0. The molecule has 0 aliphatic rings. The first-order valence-corrected chi connectivity index (χ1v) is 5.87. The predicted molar refractivity (Wildman–Crippen MR) is 61.4 cm³/mol. The smallest absolute Gasteiger partial charge is 0.147 e. The van der Waals surface area contributed by atoms with Gasteiger partial charge in [0.15, 0.2) is 0 Å². The highest BCUT2D eigenvalue weighted by molar-refractivity contribution is 9.10. The van der Waals surface area contributed by atoms with Gasteiger partial charge in [-0.1, -0.05) is 37.9 Å². The Bertz CT molecular complexity index is 321. The van der Waals surface area contributed by atoms with E-state index < -0.39 is 0 Å². The Morgan fingerprint density at radius 3 is 2.77 bits per heavy atom. The Morgan fingerprint density at radius 2 is 2.15 bits per heavy atom. The summed E-state index contributed by atoms with van der Waals surface area (Å²) in [5, 5.41) is 0.430. The molecule has 0 amide bonds. The van der Waals surface area contributed by atoms with Crippen molar-refractivity contribution in [1.82, 2.24) is 0 Å². The van der Waals surface area contributed by atoms with E-state index in [-0.39, 0.29) is 5.78 Å². The van der Waals surface area contributed by atoms with Gasteiger partial charge in [-0.25, -0.2) is 0 Å². The van der Waals surface area contributed by atoms with Crippen LogP contribution in [-0.2, 0) is 11.2 Å². The van der Waals surface area contributed by atoms with Crippen LogP contribution in [0, 0.1) is 6.92 Å². The van der Waals surface area contributed by atoms with Crippen molar-refractivity contribution in [3.05, 3.63) is 33.8 Å². The molecule has 0 aliphatic heterocycles. The van der Waals surface area contributed by atoms with Gasteiger partial charge in [0, 0.05) is 10.9 Å². The first kappa shape index (κ1) is 10.9. The molecule has 1 rings (SSSR count). The molecule has 0 N–H and O–H groups in total. The fourth-order valence-corrected chi connectivity index (χ4v) is 1.70. The Labute approximate surface area is 94.8 Å². The zero-order valence-corrected chi connectivity index (χ0v) is 10.5. The second kappa shape index (κ2) is 4.91. The van der Waals surface area contributed by atoms with Gasteiger partial charge in [0.2, 0.25) is 0 Å². The van der Waals surface area contributed by atoms with E-state index in [4.69, 9.17) is 0 Å². The monoisotopic (exact) mass is 304 g/mol. The van der Waals surface area contributed by atoms with Crippen molar-refractivity contribution in [1.29, 1.82) is 0 Å². The number of hydrogen-bond acceptors (Lipinski definition) is 1. The lowest BCUT2D eigenvalue weighted by Gasteiger charge is -2.04. The minimum atomic E-state index is 0.209. The van der Waals surface area contributed by atoms with Gasteiger partial charge in [0.25, 0.3) is 0 Å². The van der Waals surface area contributed by atoms with Gasteiger partial charge >= 0.3 is 0 Å². The Balaban J connectivity index is 2.87. The van der Waals surface area contributed by atoms with Crippen LogP contribution >= 0.6 is 31.9 Å². The van der Waals surface area contributed by atoms with E-state index in [1.165, 1.54) is 0 Å². The highest BCUT2D eigenvalue weighted by Crippen LogP contribution is 2.16. The molecule has 0 saturated carbocycles. The van der Waals surface area contributed by atoms with Crippen LogP contribution in [0.15, 0.2) is 22.7 Å². The molecule has 0 aromatic heterocycles. The lowest BCUT2D eigenvalue weighted by atomic mass is 10.0. The molecule has 3 heteroatoms. The van der Waals surface area contributed by atoms with Crippen LogP contribution in [0.25, 0.3) is 0 Å². The maximum absolute atomic E-state index is 11.2. The SMILES string of the molecule is Cc1ccc(Br)cc1CC(=O)CBr. The van der Waals surface area contributed by atoms with E-state index in [0.717, 1.165) is 15.6 Å². The van der Waals surface area contributed by atoms with Gasteiger partial charge in [-0.15, -0.1) is 0 Å². The number of halogens is 2. The van der Waals surface area contributed by atoms with E-state index in [0.29, 0.717) is 11.8 Å². The number of Topliss-reactive ketones (excluding diaryl/α,β-unsaturated/α-hetero) is 1. The fraction of sp³-hybridized carbons (Fsp3) is 0.300. The summed E-state index contributed by atoms with van der Waals surface area (Å²) in [4.78, 5) is 11.2. The molecule has 0 saturated heterocycles. The van der Waals surface area contributed by atoms with Crippen molar-refractivity contribution in [2.45, 2.75) is 13.3 Å². The molecule has 70 valence electrons. The lowest BCUT2D eigenvalue weighted by molar-refractivity contribution is -0.115. The molecule has 0 unspecified atom stereocenters. The molecule has 1 nitrogen and oxygen atoms in total. The summed E-state index contributed by atoms with van der Waals surface area (Å²) in [6, 6.07) is 5.99. The Kier molecular flexibility index (Phi) is 4.13. The average molecular weight is 306 g/mol. The van der Waals surface area contributed by atoms with Gasteiger partial charge in [-0.2, -0.15) is 0 Å². The molecule has 0 fully saturated rings. The van der Waals surface area contributed by atoms with Crippen molar-refractivity contribution in [2.24, 2.45) is 0 Å². The van der Waals surface area contributed by atoms with E-state index in [1.54, 1.807) is 0 Å². The van der Waals surface area contributed by atoms with Crippen LogP contribution in [0.3, 0.4) is 0 Å². The van der Waals surface area contributed by atoms with E-state index >= 15 is 0 Å².